The van der Waals surface area contributed by atoms with Gasteiger partial charge in [-0.05, 0) is 43.5 Å². The monoisotopic (exact) mass is 400 g/mol. The Balaban J connectivity index is 1.83. The van der Waals surface area contributed by atoms with Gasteiger partial charge in [0.25, 0.3) is 5.56 Å². The van der Waals surface area contributed by atoms with E-state index in [1.165, 1.54) is 6.07 Å². The van der Waals surface area contributed by atoms with Gasteiger partial charge in [-0.3, -0.25) is 9.36 Å². The quantitative estimate of drug-likeness (QED) is 0.725. The SMILES string of the molecule is COc1ccc(Cn2c(=O)ccc3c(C)nc(N4CCCC4O)nc32)cc1Cl. The molecule has 0 aliphatic carbocycles. The molecular formula is C20H21ClN4O3. The van der Waals surface area contributed by atoms with Crippen molar-refractivity contribution in [3.05, 3.63) is 57.0 Å². The molecule has 3 aromatic rings. The van der Waals surface area contributed by atoms with Gasteiger partial charge in [-0.15, -0.1) is 0 Å². The molecule has 1 aliphatic heterocycles. The van der Waals surface area contributed by atoms with Crippen LogP contribution in [0.15, 0.2) is 35.1 Å². The van der Waals surface area contributed by atoms with Gasteiger partial charge in [-0.1, -0.05) is 17.7 Å². The number of methoxy groups -OCH3 is 1. The van der Waals surface area contributed by atoms with Gasteiger partial charge in [0, 0.05) is 18.0 Å². The van der Waals surface area contributed by atoms with E-state index in [0.29, 0.717) is 41.9 Å². The van der Waals surface area contributed by atoms with Crippen LogP contribution in [0.2, 0.25) is 5.02 Å². The van der Waals surface area contributed by atoms with Crippen molar-refractivity contribution in [3.63, 3.8) is 0 Å². The number of hydrogen-bond donors (Lipinski definition) is 1. The average Bonchev–Trinajstić information content (AvgIpc) is 3.10. The lowest BCUT2D eigenvalue weighted by Crippen LogP contribution is -2.31. The number of nitrogens with zero attached hydrogens (tertiary/aromatic N) is 4. The third-order valence-corrected chi connectivity index (χ3v) is 5.35. The van der Waals surface area contributed by atoms with Crippen molar-refractivity contribution in [3.8, 4) is 5.75 Å². The van der Waals surface area contributed by atoms with E-state index in [1.54, 1.807) is 34.8 Å². The third kappa shape index (κ3) is 3.31. The topological polar surface area (TPSA) is 80.5 Å². The molecule has 1 saturated heterocycles. The summed E-state index contributed by atoms with van der Waals surface area (Å²) in [5.74, 6) is 1.03. The van der Waals surface area contributed by atoms with Crippen molar-refractivity contribution in [2.75, 3.05) is 18.6 Å². The Kier molecular flexibility index (Phi) is 4.95. The number of ether oxygens (including phenoxy) is 1. The zero-order valence-corrected chi connectivity index (χ0v) is 16.5. The van der Waals surface area contributed by atoms with Crippen molar-refractivity contribution in [1.82, 2.24) is 14.5 Å². The Hall–Kier alpha value is -2.64. The highest BCUT2D eigenvalue weighted by molar-refractivity contribution is 6.32. The maximum absolute atomic E-state index is 12.6. The molecule has 0 amide bonds. The van der Waals surface area contributed by atoms with E-state index in [2.05, 4.69) is 9.97 Å². The average molecular weight is 401 g/mol. The number of pyridine rings is 1. The molecule has 0 radical (unpaired) electrons. The van der Waals surface area contributed by atoms with Gasteiger partial charge < -0.3 is 14.7 Å². The van der Waals surface area contributed by atoms with Crippen LogP contribution in [-0.2, 0) is 6.54 Å². The maximum Gasteiger partial charge on any atom is 0.252 e. The highest BCUT2D eigenvalue weighted by atomic mass is 35.5. The summed E-state index contributed by atoms with van der Waals surface area (Å²) in [7, 11) is 1.56. The summed E-state index contributed by atoms with van der Waals surface area (Å²) in [5, 5.41) is 11.5. The van der Waals surface area contributed by atoms with E-state index < -0.39 is 6.23 Å². The summed E-state index contributed by atoms with van der Waals surface area (Å²) in [6, 6.07) is 8.70. The first-order valence-electron chi connectivity index (χ1n) is 9.13. The summed E-state index contributed by atoms with van der Waals surface area (Å²) < 4.78 is 6.80. The number of aliphatic hydroxyl groups is 1. The number of benzene rings is 1. The van der Waals surface area contributed by atoms with Crippen LogP contribution in [0.1, 0.15) is 24.1 Å². The number of hydrogen-bond acceptors (Lipinski definition) is 6. The molecule has 1 fully saturated rings. The molecule has 2 aromatic heterocycles. The first-order chi connectivity index (χ1) is 13.5. The Morgan fingerprint density at radius 2 is 2.11 bits per heavy atom. The van der Waals surface area contributed by atoms with Gasteiger partial charge in [0.15, 0.2) is 0 Å². The van der Waals surface area contributed by atoms with Crippen LogP contribution in [-0.4, -0.2) is 39.5 Å². The molecule has 146 valence electrons. The number of aromatic nitrogens is 3. The minimum absolute atomic E-state index is 0.162. The second-order valence-electron chi connectivity index (χ2n) is 6.89. The Morgan fingerprint density at radius 3 is 2.79 bits per heavy atom. The zero-order valence-electron chi connectivity index (χ0n) is 15.7. The van der Waals surface area contributed by atoms with Gasteiger partial charge >= 0.3 is 0 Å². The van der Waals surface area contributed by atoms with E-state index in [0.717, 1.165) is 23.1 Å². The van der Waals surface area contributed by atoms with Crippen molar-refractivity contribution >= 4 is 28.6 Å². The lowest BCUT2D eigenvalue weighted by Gasteiger charge is -2.21. The molecule has 8 heteroatoms. The fraction of sp³-hybridized carbons (Fsp3) is 0.350. The summed E-state index contributed by atoms with van der Waals surface area (Å²) >= 11 is 6.23. The van der Waals surface area contributed by atoms with Crippen LogP contribution in [0.3, 0.4) is 0 Å². The van der Waals surface area contributed by atoms with Gasteiger partial charge in [0.2, 0.25) is 5.95 Å². The smallest absolute Gasteiger partial charge is 0.252 e. The molecule has 28 heavy (non-hydrogen) atoms. The highest BCUT2D eigenvalue weighted by Gasteiger charge is 2.25. The normalized spacial score (nSPS) is 16.7. The van der Waals surface area contributed by atoms with Gasteiger partial charge in [-0.2, -0.15) is 4.98 Å². The molecule has 7 nitrogen and oxygen atoms in total. The molecule has 1 aliphatic rings. The number of aryl methyl sites for hydroxylation is 1. The molecule has 1 aromatic carbocycles. The molecule has 4 rings (SSSR count). The van der Waals surface area contributed by atoms with Crippen LogP contribution < -0.4 is 15.2 Å². The van der Waals surface area contributed by atoms with Crippen LogP contribution >= 0.6 is 11.6 Å². The molecule has 1 N–H and O–H groups in total. The number of halogens is 1. The second-order valence-corrected chi connectivity index (χ2v) is 7.30. The zero-order chi connectivity index (χ0) is 19.8. The second kappa shape index (κ2) is 7.41. The van der Waals surface area contributed by atoms with Crippen LogP contribution in [0.25, 0.3) is 11.0 Å². The molecule has 1 unspecified atom stereocenters. The number of fused-ring (bicyclic) bond motifs is 1. The standard InChI is InChI=1S/C20H21ClN4O3/c1-12-14-6-8-18(27)25(11-13-5-7-16(28-2)15(21)10-13)19(14)23-20(22-12)24-9-3-4-17(24)26/h5-8,10,17,26H,3-4,9,11H2,1-2H3. The summed E-state index contributed by atoms with van der Waals surface area (Å²) in [4.78, 5) is 23.6. The van der Waals surface area contributed by atoms with Crippen molar-refractivity contribution in [2.45, 2.75) is 32.5 Å². The predicted molar refractivity (Wildman–Crippen MR) is 108 cm³/mol. The predicted octanol–water partition coefficient (Wildman–Crippen LogP) is 2.73. The first kappa shape index (κ1) is 18.7. The Bertz CT molecular complexity index is 1100. The molecule has 0 spiro atoms. The van der Waals surface area contributed by atoms with Crippen molar-refractivity contribution < 1.29 is 9.84 Å². The largest absolute Gasteiger partial charge is 0.495 e. The minimum Gasteiger partial charge on any atom is -0.495 e. The number of rotatable bonds is 4. The first-order valence-corrected chi connectivity index (χ1v) is 9.51. The molecule has 1 atom stereocenters. The van der Waals surface area contributed by atoms with E-state index in [4.69, 9.17) is 16.3 Å². The Morgan fingerprint density at radius 1 is 1.29 bits per heavy atom. The van der Waals surface area contributed by atoms with E-state index in [1.807, 2.05) is 13.0 Å². The summed E-state index contributed by atoms with van der Waals surface area (Å²) in [5.41, 5.74) is 2.01. The molecular weight excluding hydrogens is 380 g/mol. The number of aliphatic hydroxyl groups excluding tert-OH is 1. The summed E-state index contributed by atoms with van der Waals surface area (Å²) in [6.45, 7) is 2.89. The van der Waals surface area contributed by atoms with E-state index in [9.17, 15) is 9.90 Å². The summed E-state index contributed by atoms with van der Waals surface area (Å²) in [6.07, 6.45) is 0.973. The van der Waals surface area contributed by atoms with Crippen LogP contribution in [0.5, 0.6) is 5.75 Å². The van der Waals surface area contributed by atoms with Crippen LogP contribution in [0.4, 0.5) is 5.95 Å². The van der Waals surface area contributed by atoms with Gasteiger partial charge in [0.1, 0.15) is 17.6 Å². The van der Waals surface area contributed by atoms with Crippen molar-refractivity contribution in [1.29, 1.82) is 0 Å². The van der Waals surface area contributed by atoms with E-state index >= 15 is 0 Å². The van der Waals surface area contributed by atoms with Crippen LogP contribution in [0, 0.1) is 6.92 Å². The maximum atomic E-state index is 12.6. The fourth-order valence-corrected chi connectivity index (χ4v) is 3.84. The van der Waals surface area contributed by atoms with Gasteiger partial charge in [0.05, 0.1) is 24.4 Å². The molecule has 0 saturated carbocycles. The molecule has 0 bridgehead atoms. The lowest BCUT2D eigenvalue weighted by molar-refractivity contribution is 0.184. The van der Waals surface area contributed by atoms with Crippen molar-refractivity contribution in [2.24, 2.45) is 0 Å². The van der Waals surface area contributed by atoms with Gasteiger partial charge in [-0.25, -0.2) is 4.98 Å². The Labute approximate surface area is 167 Å². The molecule has 3 heterocycles. The van der Waals surface area contributed by atoms with E-state index in [-0.39, 0.29) is 5.56 Å². The fourth-order valence-electron chi connectivity index (χ4n) is 3.56. The lowest BCUT2D eigenvalue weighted by atomic mass is 10.2. The minimum atomic E-state index is -0.596. The highest BCUT2D eigenvalue weighted by Crippen LogP contribution is 2.27. The third-order valence-electron chi connectivity index (χ3n) is 5.05. The number of anilines is 1.